The van der Waals surface area contributed by atoms with Crippen molar-refractivity contribution in [1.29, 1.82) is 0 Å². The second kappa shape index (κ2) is 9.41. The number of hydrogen-bond acceptors (Lipinski definition) is 5. The van der Waals surface area contributed by atoms with Gasteiger partial charge in [0.2, 0.25) is 0 Å². The number of carbonyl (C=O) groups excluding carboxylic acids is 1. The molecule has 0 spiro atoms. The molecule has 150 valence electrons. The van der Waals surface area contributed by atoms with Crippen LogP contribution < -0.4 is 10.6 Å². The Morgan fingerprint density at radius 1 is 1.31 bits per heavy atom. The number of guanidine groups is 1. The first-order valence-corrected chi connectivity index (χ1v) is 9.59. The van der Waals surface area contributed by atoms with Crippen LogP contribution >= 0.6 is 0 Å². The molecular formula is C18H35N5O3. The van der Waals surface area contributed by atoms with Crippen molar-refractivity contribution in [3.05, 3.63) is 0 Å². The van der Waals surface area contributed by atoms with Gasteiger partial charge in [0.05, 0.1) is 25.3 Å². The maximum absolute atomic E-state index is 12.0. The number of nitrogens with zero attached hydrogens (tertiary/aromatic N) is 3. The third kappa shape index (κ3) is 6.99. The minimum Gasteiger partial charge on any atom is -0.444 e. The summed E-state index contributed by atoms with van der Waals surface area (Å²) in [4.78, 5) is 21.2. The minimum absolute atomic E-state index is 0.0748. The summed E-state index contributed by atoms with van der Waals surface area (Å²) in [6.07, 6.45) is 0.664. The van der Waals surface area contributed by atoms with Crippen molar-refractivity contribution < 1.29 is 14.3 Å². The largest absolute Gasteiger partial charge is 0.444 e. The lowest BCUT2D eigenvalue weighted by molar-refractivity contribution is -0.0137. The van der Waals surface area contributed by atoms with Crippen LogP contribution in [0.3, 0.4) is 0 Å². The van der Waals surface area contributed by atoms with Crippen LogP contribution in [-0.2, 0) is 9.47 Å². The average Bonchev–Trinajstić information content (AvgIpc) is 2.97. The number of aliphatic imine (C=N–C) groups is 1. The van der Waals surface area contributed by atoms with Crippen molar-refractivity contribution in [2.24, 2.45) is 4.99 Å². The molecule has 0 saturated carbocycles. The molecule has 0 aromatic rings. The zero-order chi connectivity index (χ0) is 19.2. The summed E-state index contributed by atoms with van der Waals surface area (Å²) in [6.45, 7) is 13.4. The molecule has 0 radical (unpaired) electrons. The molecule has 0 aliphatic carbocycles. The van der Waals surface area contributed by atoms with E-state index in [0.29, 0.717) is 6.54 Å². The molecule has 1 amide bonds. The minimum atomic E-state index is -0.480. The van der Waals surface area contributed by atoms with Crippen LogP contribution in [0.25, 0.3) is 0 Å². The molecule has 0 aromatic carbocycles. The second-order valence-electron chi connectivity index (χ2n) is 8.03. The molecule has 0 bridgehead atoms. The normalized spacial score (nSPS) is 25.3. The Morgan fingerprint density at radius 3 is 2.73 bits per heavy atom. The van der Waals surface area contributed by atoms with Crippen LogP contribution in [0.2, 0.25) is 0 Å². The highest BCUT2D eigenvalue weighted by Gasteiger charge is 2.28. The summed E-state index contributed by atoms with van der Waals surface area (Å²) in [5.74, 6) is 0.887. The van der Waals surface area contributed by atoms with Crippen molar-refractivity contribution >= 4 is 12.1 Å². The Balaban J connectivity index is 1.85. The Kier molecular flexibility index (Phi) is 7.52. The van der Waals surface area contributed by atoms with Gasteiger partial charge in [0.1, 0.15) is 5.60 Å². The number of ether oxygens (including phenoxy) is 2. The molecule has 0 aromatic heterocycles. The van der Waals surface area contributed by atoms with Crippen LogP contribution in [0, 0.1) is 0 Å². The lowest BCUT2D eigenvalue weighted by Gasteiger charge is -2.29. The van der Waals surface area contributed by atoms with Gasteiger partial charge < -0.3 is 29.9 Å². The molecule has 8 nitrogen and oxygen atoms in total. The van der Waals surface area contributed by atoms with Gasteiger partial charge in [-0.25, -0.2) is 4.79 Å². The number of likely N-dealkylation sites (N-methyl/N-ethyl adjacent to an activating group) is 1. The molecule has 2 heterocycles. The van der Waals surface area contributed by atoms with E-state index in [2.05, 4.69) is 34.4 Å². The maximum atomic E-state index is 12.0. The topological polar surface area (TPSA) is 78.4 Å². The van der Waals surface area contributed by atoms with Crippen molar-refractivity contribution in [2.75, 3.05) is 52.9 Å². The van der Waals surface area contributed by atoms with Crippen LogP contribution in [0.5, 0.6) is 0 Å². The summed E-state index contributed by atoms with van der Waals surface area (Å²) < 4.78 is 11.1. The van der Waals surface area contributed by atoms with Gasteiger partial charge in [0, 0.05) is 32.7 Å². The fourth-order valence-electron chi connectivity index (χ4n) is 3.14. The molecule has 2 saturated heterocycles. The molecule has 8 heteroatoms. The van der Waals surface area contributed by atoms with Gasteiger partial charge >= 0.3 is 6.09 Å². The van der Waals surface area contributed by atoms with E-state index in [4.69, 9.17) is 14.5 Å². The third-order valence-corrected chi connectivity index (χ3v) is 4.33. The van der Waals surface area contributed by atoms with E-state index < -0.39 is 5.60 Å². The first-order valence-electron chi connectivity index (χ1n) is 9.59. The standard InChI is InChI=1S/C18H35N5O3/c1-6-19-16(20-11-15-13-22(5)9-10-25-15)23-8-7-14(12-23)21-17(24)26-18(2,3)4/h14-15H,6-13H2,1-5H3,(H,19,20)(H,21,24). The van der Waals surface area contributed by atoms with Crippen LogP contribution in [0.4, 0.5) is 4.79 Å². The number of likely N-dealkylation sites (tertiary alicyclic amines) is 1. The second-order valence-corrected chi connectivity index (χ2v) is 8.03. The van der Waals surface area contributed by atoms with Crippen LogP contribution in [-0.4, -0.2) is 92.5 Å². The van der Waals surface area contributed by atoms with Gasteiger partial charge in [-0.05, 0) is 41.2 Å². The van der Waals surface area contributed by atoms with Crippen molar-refractivity contribution in [1.82, 2.24) is 20.4 Å². The van der Waals surface area contributed by atoms with Gasteiger partial charge in [-0.3, -0.25) is 4.99 Å². The number of alkyl carbamates (subject to hydrolysis) is 1. The summed E-state index contributed by atoms with van der Waals surface area (Å²) >= 11 is 0. The lowest BCUT2D eigenvalue weighted by Crippen LogP contribution is -2.45. The predicted octanol–water partition coefficient (Wildman–Crippen LogP) is 0.882. The molecule has 2 aliphatic heterocycles. The Labute approximate surface area is 157 Å². The van der Waals surface area contributed by atoms with E-state index in [9.17, 15) is 4.79 Å². The number of rotatable bonds is 4. The number of amides is 1. The number of morpholine rings is 1. The van der Waals surface area contributed by atoms with E-state index in [0.717, 1.165) is 51.7 Å². The van der Waals surface area contributed by atoms with Gasteiger partial charge in [-0.2, -0.15) is 0 Å². The highest BCUT2D eigenvalue weighted by molar-refractivity contribution is 5.80. The Bertz CT molecular complexity index is 492. The average molecular weight is 370 g/mol. The van der Waals surface area contributed by atoms with Crippen molar-refractivity contribution in [3.63, 3.8) is 0 Å². The monoisotopic (exact) mass is 369 g/mol. The fraction of sp³-hybridized carbons (Fsp3) is 0.889. The number of carbonyl (C=O) groups is 1. The predicted molar refractivity (Wildman–Crippen MR) is 103 cm³/mol. The van der Waals surface area contributed by atoms with Gasteiger partial charge in [-0.15, -0.1) is 0 Å². The van der Waals surface area contributed by atoms with E-state index in [-0.39, 0.29) is 18.2 Å². The van der Waals surface area contributed by atoms with Gasteiger partial charge in [-0.1, -0.05) is 0 Å². The van der Waals surface area contributed by atoms with E-state index in [1.807, 2.05) is 20.8 Å². The zero-order valence-corrected chi connectivity index (χ0v) is 16.9. The Morgan fingerprint density at radius 2 is 2.08 bits per heavy atom. The first-order chi connectivity index (χ1) is 12.3. The number of hydrogen-bond donors (Lipinski definition) is 2. The SMILES string of the molecule is CCNC(=NCC1CN(C)CCO1)N1CCC(NC(=O)OC(C)(C)C)C1. The summed E-state index contributed by atoms with van der Waals surface area (Å²) in [5.41, 5.74) is -0.480. The molecule has 2 N–H and O–H groups in total. The van der Waals surface area contributed by atoms with Crippen LogP contribution in [0.1, 0.15) is 34.1 Å². The highest BCUT2D eigenvalue weighted by Crippen LogP contribution is 2.12. The van der Waals surface area contributed by atoms with Gasteiger partial charge in [0.25, 0.3) is 0 Å². The number of nitrogens with one attached hydrogen (secondary N) is 2. The first kappa shape index (κ1) is 20.8. The Hall–Kier alpha value is -1.54. The molecule has 2 unspecified atom stereocenters. The van der Waals surface area contributed by atoms with Crippen molar-refractivity contribution in [3.8, 4) is 0 Å². The van der Waals surface area contributed by atoms with E-state index in [1.54, 1.807) is 0 Å². The van der Waals surface area contributed by atoms with Crippen LogP contribution in [0.15, 0.2) is 4.99 Å². The summed E-state index contributed by atoms with van der Waals surface area (Å²) in [7, 11) is 2.11. The molecule has 2 fully saturated rings. The molecule has 2 rings (SSSR count). The fourth-order valence-corrected chi connectivity index (χ4v) is 3.14. The zero-order valence-electron chi connectivity index (χ0n) is 16.9. The molecule has 2 atom stereocenters. The summed E-state index contributed by atoms with van der Waals surface area (Å²) in [6, 6.07) is 0.0748. The van der Waals surface area contributed by atoms with E-state index >= 15 is 0 Å². The summed E-state index contributed by atoms with van der Waals surface area (Å²) in [5, 5.41) is 6.31. The third-order valence-electron chi connectivity index (χ3n) is 4.33. The smallest absolute Gasteiger partial charge is 0.407 e. The van der Waals surface area contributed by atoms with Crippen molar-refractivity contribution in [2.45, 2.75) is 51.9 Å². The quantitative estimate of drug-likeness (QED) is 0.566. The van der Waals surface area contributed by atoms with E-state index in [1.165, 1.54) is 0 Å². The maximum Gasteiger partial charge on any atom is 0.407 e. The molecule has 2 aliphatic rings. The van der Waals surface area contributed by atoms with Gasteiger partial charge in [0.15, 0.2) is 5.96 Å². The molecular weight excluding hydrogens is 334 g/mol. The molecule has 26 heavy (non-hydrogen) atoms. The lowest BCUT2D eigenvalue weighted by atomic mass is 10.2. The highest BCUT2D eigenvalue weighted by atomic mass is 16.6.